The van der Waals surface area contributed by atoms with E-state index >= 15 is 0 Å². The molecule has 1 rings (SSSR count). The second-order valence-corrected chi connectivity index (χ2v) is 3.91. The van der Waals surface area contributed by atoms with Crippen molar-refractivity contribution in [3.8, 4) is 0 Å². The predicted octanol–water partition coefficient (Wildman–Crippen LogP) is -1.13. The van der Waals surface area contributed by atoms with Crippen molar-refractivity contribution in [1.82, 2.24) is 14.3 Å². The number of hydrogen-bond donors (Lipinski definition) is 0. The van der Waals surface area contributed by atoms with Gasteiger partial charge in [-0.2, -0.15) is 0 Å². The summed E-state index contributed by atoms with van der Waals surface area (Å²) >= 11 is 0. The minimum Gasteiger partial charge on any atom is -0.465 e. The second kappa shape index (κ2) is 6.17. The SMILES string of the molecule is CCOC(=O)CN(CC)c1nn(C)c(=O)n(C)c1=O. The lowest BCUT2D eigenvalue weighted by molar-refractivity contribution is -0.141. The first-order valence-corrected chi connectivity index (χ1v) is 5.97. The average Bonchev–Trinajstić information content (AvgIpc) is 2.38. The summed E-state index contributed by atoms with van der Waals surface area (Å²) < 4.78 is 6.85. The van der Waals surface area contributed by atoms with Crippen LogP contribution in [0.5, 0.6) is 0 Å². The lowest BCUT2D eigenvalue weighted by atomic mass is 10.4. The van der Waals surface area contributed by atoms with E-state index in [0.717, 1.165) is 9.25 Å². The van der Waals surface area contributed by atoms with Gasteiger partial charge in [0, 0.05) is 20.6 Å². The highest BCUT2D eigenvalue weighted by molar-refractivity contribution is 5.75. The molecule has 0 unspecified atom stereocenters. The Hall–Kier alpha value is -2.12. The van der Waals surface area contributed by atoms with Crippen LogP contribution >= 0.6 is 0 Å². The molecule has 0 atom stereocenters. The van der Waals surface area contributed by atoms with Crippen molar-refractivity contribution in [2.24, 2.45) is 14.1 Å². The van der Waals surface area contributed by atoms with Gasteiger partial charge in [-0.1, -0.05) is 0 Å². The van der Waals surface area contributed by atoms with Gasteiger partial charge < -0.3 is 9.64 Å². The van der Waals surface area contributed by atoms with Crippen molar-refractivity contribution >= 4 is 11.8 Å². The summed E-state index contributed by atoms with van der Waals surface area (Å²) in [7, 11) is 2.82. The fourth-order valence-corrected chi connectivity index (χ4v) is 1.58. The number of rotatable bonds is 5. The highest BCUT2D eigenvalue weighted by atomic mass is 16.5. The molecule has 106 valence electrons. The smallest absolute Gasteiger partial charge is 0.346 e. The molecule has 0 saturated heterocycles. The van der Waals surface area contributed by atoms with E-state index in [1.165, 1.54) is 19.0 Å². The molecule has 0 spiro atoms. The molecule has 19 heavy (non-hydrogen) atoms. The Balaban J connectivity index is 3.16. The van der Waals surface area contributed by atoms with Crippen LogP contribution in [0.4, 0.5) is 5.82 Å². The van der Waals surface area contributed by atoms with Crippen molar-refractivity contribution in [2.75, 3.05) is 24.6 Å². The molecule has 0 aliphatic carbocycles. The van der Waals surface area contributed by atoms with E-state index in [1.807, 2.05) is 0 Å². The summed E-state index contributed by atoms with van der Waals surface area (Å²) in [4.78, 5) is 36.4. The molecular formula is C11H18N4O4. The average molecular weight is 270 g/mol. The zero-order chi connectivity index (χ0) is 14.6. The summed E-state index contributed by atoms with van der Waals surface area (Å²) in [6.45, 7) is 4.09. The first-order chi connectivity index (χ1) is 8.92. The first-order valence-electron chi connectivity index (χ1n) is 5.97. The number of carbonyl (C=O) groups excluding carboxylic acids is 1. The highest BCUT2D eigenvalue weighted by Gasteiger charge is 2.18. The van der Waals surface area contributed by atoms with E-state index in [0.29, 0.717) is 6.54 Å². The van der Waals surface area contributed by atoms with Gasteiger partial charge in [0.25, 0.3) is 5.56 Å². The topological polar surface area (TPSA) is 86.4 Å². The summed E-state index contributed by atoms with van der Waals surface area (Å²) in [6, 6.07) is 0. The number of nitrogens with zero attached hydrogens (tertiary/aromatic N) is 4. The Morgan fingerprint density at radius 2 is 1.95 bits per heavy atom. The fraction of sp³-hybridized carbons (Fsp3) is 0.636. The first kappa shape index (κ1) is 14.9. The molecule has 0 bridgehead atoms. The Morgan fingerprint density at radius 1 is 1.32 bits per heavy atom. The van der Waals surface area contributed by atoms with Crippen LogP contribution in [0.25, 0.3) is 0 Å². The molecule has 0 fully saturated rings. The van der Waals surface area contributed by atoms with Gasteiger partial charge in [-0.25, -0.2) is 9.48 Å². The Labute approximate surface area is 110 Å². The quantitative estimate of drug-likeness (QED) is 0.629. The van der Waals surface area contributed by atoms with Crippen LogP contribution in [0.1, 0.15) is 13.8 Å². The van der Waals surface area contributed by atoms with E-state index in [4.69, 9.17) is 4.74 Å². The molecule has 0 N–H and O–H groups in total. The van der Waals surface area contributed by atoms with Crippen LogP contribution in [-0.4, -0.2) is 40.0 Å². The van der Waals surface area contributed by atoms with Crippen molar-refractivity contribution in [2.45, 2.75) is 13.8 Å². The van der Waals surface area contributed by atoms with Gasteiger partial charge in [-0.05, 0) is 13.8 Å². The molecule has 8 nitrogen and oxygen atoms in total. The van der Waals surface area contributed by atoms with Crippen LogP contribution in [0.3, 0.4) is 0 Å². The number of likely N-dealkylation sites (N-methyl/N-ethyl adjacent to an activating group) is 1. The monoisotopic (exact) mass is 270 g/mol. The number of esters is 1. The number of carbonyl (C=O) groups is 1. The van der Waals surface area contributed by atoms with E-state index in [1.54, 1.807) is 13.8 Å². The molecule has 0 radical (unpaired) electrons. The van der Waals surface area contributed by atoms with Gasteiger partial charge in [0.15, 0.2) is 0 Å². The van der Waals surface area contributed by atoms with Crippen molar-refractivity contribution in [3.63, 3.8) is 0 Å². The maximum atomic E-state index is 12.0. The Bertz CT molecular complexity index is 575. The molecule has 8 heteroatoms. The van der Waals surface area contributed by atoms with Crippen LogP contribution in [-0.2, 0) is 23.6 Å². The van der Waals surface area contributed by atoms with Crippen molar-refractivity contribution < 1.29 is 9.53 Å². The van der Waals surface area contributed by atoms with Crippen molar-refractivity contribution in [1.29, 1.82) is 0 Å². The van der Waals surface area contributed by atoms with Crippen LogP contribution in [0.15, 0.2) is 9.59 Å². The zero-order valence-electron chi connectivity index (χ0n) is 11.5. The standard InChI is InChI=1S/C11H18N4O4/c1-5-15(7-8(16)19-6-2)9-10(17)13(3)11(18)14(4)12-9/h5-7H2,1-4H3. The molecule has 0 aliphatic heterocycles. The van der Waals surface area contributed by atoms with Gasteiger partial charge in [0.1, 0.15) is 6.54 Å². The molecule has 0 aromatic carbocycles. The maximum absolute atomic E-state index is 12.0. The minimum atomic E-state index is -0.533. The molecule has 0 saturated carbocycles. The zero-order valence-corrected chi connectivity index (χ0v) is 11.5. The van der Waals surface area contributed by atoms with Gasteiger partial charge >= 0.3 is 11.7 Å². The fourth-order valence-electron chi connectivity index (χ4n) is 1.58. The molecule has 0 aliphatic rings. The molecule has 0 amide bonds. The minimum absolute atomic E-state index is 0.0557. The number of aromatic nitrogens is 3. The molecular weight excluding hydrogens is 252 g/mol. The third-order valence-electron chi connectivity index (χ3n) is 2.61. The van der Waals surface area contributed by atoms with E-state index in [9.17, 15) is 14.4 Å². The third kappa shape index (κ3) is 3.21. The predicted molar refractivity (Wildman–Crippen MR) is 69.2 cm³/mol. The normalized spacial score (nSPS) is 10.3. The van der Waals surface area contributed by atoms with E-state index in [2.05, 4.69) is 5.10 Å². The number of anilines is 1. The summed E-state index contributed by atoms with van der Waals surface area (Å²) in [5.74, 6) is -0.387. The van der Waals surface area contributed by atoms with E-state index < -0.39 is 17.2 Å². The highest BCUT2D eigenvalue weighted by Crippen LogP contribution is 2.01. The number of hydrogen-bond acceptors (Lipinski definition) is 6. The molecule has 1 aromatic rings. The van der Waals surface area contributed by atoms with Gasteiger partial charge in [0.05, 0.1) is 6.61 Å². The third-order valence-corrected chi connectivity index (χ3v) is 2.61. The summed E-state index contributed by atoms with van der Waals surface area (Å²) in [5.41, 5.74) is -1.05. The lowest BCUT2D eigenvalue weighted by Gasteiger charge is -2.20. The number of ether oxygens (including phenoxy) is 1. The van der Waals surface area contributed by atoms with E-state index in [-0.39, 0.29) is 19.0 Å². The second-order valence-electron chi connectivity index (χ2n) is 3.91. The van der Waals surface area contributed by atoms with Gasteiger partial charge in [-0.15, -0.1) is 5.10 Å². The van der Waals surface area contributed by atoms with Crippen LogP contribution in [0, 0.1) is 0 Å². The number of aryl methyl sites for hydroxylation is 1. The lowest BCUT2D eigenvalue weighted by Crippen LogP contribution is -2.44. The van der Waals surface area contributed by atoms with Gasteiger partial charge in [0.2, 0.25) is 5.82 Å². The Kier molecular flexibility index (Phi) is 4.85. The molecule has 1 aromatic heterocycles. The van der Waals surface area contributed by atoms with Gasteiger partial charge in [-0.3, -0.25) is 14.2 Å². The molecule has 1 heterocycles. The summed E-state index contributed by atoms with van der Waals surface area (Å²) in [5, 5.41) is 3.91. The van der Waals surface area contributed by atoms with Crippen molar-refractivity contribution in [3.05, 3.63) is 20.8 Å². The maximum Gasteiger partial charge on any atom is 0.346 e. The summed E-state index contributed by atoms with van der Waals surface area (Å²) in [6.07, 6.45) is 0. The largest absolute Gasteiger partial charge is 0.465 e. The van der Waals surface area contributed by atoms with Crippen LogP contribution in [0.2, 0.25) is 0 Å². The Morgan fingerprint density at radius 3 is 2.47 bits per heavy atom. The van der Waals surface area contributed by atoms with Crippen LogP contribution < -0.4 is 16.1 Å².